The Hall–Kier alpha value is -2.69. The van der Waals surface area contributed by atoms with Crippen LogP contribution in [0.1, 0.15) is 23.9 Å². The number of halogens is 1. The highest BCUT2D eigenvalue weighted by Crippen LogP contribution is 2.16. The van der Waals surface area contributed by atoms with Crippen molar-refractivity contribution in [1.82, 2.24) is 25.3 Å². The van der Waals surface area contributed by atoms with E-state index >= 15 is 0 Å². The molecular weight excluding hydrogens is 519 g/mol. The third kappa shape index (κ3) is 7.77. The molecule has 9 heteroatoms. The van der Waals surface area contributed by atoms with E-state index in [-0.39, 0.29) is 24.0 Å². The number of guanidine groups is 1. The van der Waals surface area contributed by atoms with E-state index in [2.05, 4.69) is 62.4 Å². The van der Waals surface area contributed by atoms with Gasteiger partial charge in [0.05, 0.1) is 6.54 Å². The van der Waals surface area contributed by atoms with Crippen molar-refractivity contribution >= 4 is 29.9 Å². The Kier molecular flexibility index (Phi) is 10.4. The lowest BCUT2D eigenvalue weighted by Crippen LogP contribution is -2.41. The van der Waals surface area contributed by atoms with Crippen LogP contribution in [0.3, 0.4) is 0 Å². The summed E-state index contributed by atoms with van der Waals surface area (Å²) in [6.07, 6.45) is 2.28. The zero-order chi connectivity index (χ0) is 22.1. The fourth-order valence-corrected chi connectivity index (χ4v) is 3.10. The van der Waals surface area contributed by atoms with Crippen molar-refractivity contribution in [3.63, 3.8) is 0 Å². The van der Waals surface area contributed by atoms with Gasteiger partial charge in [-0.25, -0.2) is 0 Å². The van der Waals surface area contributed by atoms with Gasteiger partial charge in [0, 0.05) is 32.8 Å². The molecule has 0 amide bonds. The van der Waals surface area contributed by atoms with Crippen molar-refractivity contribution in [3.8, 4) is 17.3 Å². The summed E-state index contributed by atoms with van der Waals surface area (Å²) >= 11 is 0. The molecule has 2 aromatic heterocycles. The van der Waals surface area contributed by atoms with Crippen LogP contribution in [0, 0.1) is 13.8 Å². The van der Waals surface area contributed by atoms with E-state index in [4.69, 9.17) is 9.26 Å². The fourth-order valence-electron chi connectivity index (χ4n) is 3.10. The normalized spacial score (nSPS) is 11.1. The molecule has 2 heterocycles. The molecule has 0 saturated heterocycles. The Bertz CT molecular complexity index is 973. The van der Waals surface area contributed by atoms with Gasteiger partial charge in [-0.15, -0.1) is 24.0 Å². The number of ether oxygens (including phenoxy) is 1. The SMILES string of the molecule is CCNC(=NCCc1noc(-c2ccccn2)n1)N(C)CCOc1cc(C)cc(C)c1.I. The van der Waals surface area contributed by atoms with Gasteiger partial charge in [0.2, 0.25) is 0 Å². The summed E-state index contributed by atoms with van der Waals surface area (Å²) in [5, 5.41) is 7.34. The molecule has 3 aromatic rings. The molecule has 0 atom stereocenters. The van der Waals surface area contributed by atoms with Crippen molar-refractivity contribution in [3.05, 3.63) is 59.5 Å². The summed E-state index contributed by atoms with van der Waals surface area (Å²) in [6.45, 7) is 8.81. The number of aryl methyl sites for hydroxylation is 2. The Labute approximate surface area is 206 Å². The van der Waals surface area contributed by atoms with Crippen molar-refractivity contribution in [1.29, 1.82) is 0 Å². The van der Waals surface area contributed by atoms with E-state index in [1.54, 1.807) is 6.20 Å². The number of hydrogen-bond donors (Lipinski definition) is 1. The Morgan fingerprint density at radius 1 is 1.19 bits per heavy atom. The number of pyridine rings is 1. The number of rotatable bonds is 9. The lowest BCUT2D eigenvalue weighted by Gasteiger charge is -2.22. The number of nitrogens with zero attached hydrogens (tertiary/aromatic N) is 5. The quantitative estimate of drug-likeness (QED) is 0.246. The van der Waals surface area contributed by atoms with Crippen molar-refractivity contribution < 1.29 is 9.26 Å². The molecule has 172 valence electrons. The number of nitrogens with one attached hydrogen (secondary N) is 1. The lowest BCUT2D eigenvalue weighted by atomic mass is 10.1. The van der Waals surface area contributed by atoms with Gasteiger partial charge < -0.3 is 19.5 Å². The van der Waals surface area contributed by atoms with E-state index in [1.807, 2.05) is 32.2 Å². The first-order chi connectivity index (χ1) is 15.0. The maximum absolute atomic E-state index is 5.92. The van der Waals surface area contributed by atoms with Crippen LogP contribution in [-0.2, 0) is 6.42 Å². The van der Waals surface area contributed by atoms with Crippen LogP contribution in [-0.4, -0.2) is 59.3 Å². The van der Waals surface area contributed by atoms with Gasteiger partial charge in [-0.2, -0.15) is 4.98 Å². The van der Waals surface area contributed by atoms with Crippen LogP contribution in [0.15, 0.2) is 52.1 Å². The van der Waals surface area contributed by atoms with E-state index in [0.717, 1.165) is 18.3 Å². The molecule has 3 rings (SSSR count). The molecule has 1 aromatic carbocycles. The molecule has 0 bridgehead atoms. The second-order valence-electron chi connectivity index (χ2n) is 7.31. The summed E-state index contributed by atoms with van der Waals surface area (Å²) in [5.74, 6) is 2.75. The van der Waals surface area contributed by atoms with Crippen LogP contribution < -0.4 is 10.1 Å². The van der Waals surface area contributed by atoms with Gasteiger partial charge in [0.25, 0.3) is 5.89 Å². The average Bonchev–Trinajstić information content (AvgIpc) is 3.22. The van der Waals surface area contributed by atoms with Crippen LogP contribution in [0.2, 0.25) is 0 Å². The second kappa shape index (κ2) is 13.0. The number of aliphatic imine (C=N–C) groups is 1. The van der Waals surface area contributed by atoms with Crippen LogP contribution in [0.5, 0.6) is 5.75 Å². The highest BCUT2D eigenvalue weighted by molar-refractivity contribution is 14.0. The molecule has 0 aliphatic heterocycles. The third-order valence-corrected chi connectivity index (χ3v) is 4.54. The van der Waals surface area contributed by atoms with Gasteiger partial charge in [-0.05, 0) is 56.2 Å². The monoisotopic (exact) mass is 550 g/mol. The van der Waals surface area contributed by atoms with Crippen LogP contribution in [0.25, 0.3) is 11.6 Å². The van der Waals surface area contributed by atoms with Gasteiger partial charge in [0.15, 0.2) is 11.8 Å². The second-order valence-corrected chi connectivity index (χ2v) is 7.31. The maximum Gasteiger partial charge on any atom is 0.276 e. The van der Waals surface area contributed by atoms with Gasteiger partial charge in [-0.1, -0.05) is 17.3 Å². The van der Waals surface area contributed by atoms with Crippen molar-refractivity contribution in [2.75, 3.05) is 33.3 Å². The minimum Gasteiger partial charge on any atom is -0.492 e. The van der Waals surface area contributed by atoms with Crippen LogP contribution in [0.4, 0.5) is 0 Å². The van der Waals surface area contributed by atoms with Crippen LogP contribution >= 0.6 is 24.0 Å². The van der Waals surface area contributed by atoms with E-state index < -0.39 is 0 Å². The zero-order valence-corrected chi connectivity index (χ0v) is 21.4. The molecule has 0 aliphatic carbocycles. The first kappa shape index (κ1) is 25.6. The highest BCUT2D eigenvalue weighted by atomic mass is 127. The standard InChI is InChI=1S/C23H30N6O2.HI/c1-5-24-23(29(4)12-13-30-19-15-17(2)14-18(3)16-19)26-11-9-21-27-22(31-28-21)20-8-6-7-10-25-20;/h6-8,10,14-16H,5,9,11-13H2,1-4H3,(H,24,26);1H. The van der Waals surface area contributed by atoms with E-state index in [1.165, 1.54) is 11.1 Å². The number of benzene rings is 1. The summed E-state index contributed by atoms with van der Waals surface area (Å²) in [7, 11) is 2.00. The molecular formula is C23H31IN6O2. The van der Waals surface area contributed by atoms with Gasteiger partial charge in [0.1, 0.15) is 18.1 Å². The molecule has 0 unspecified atom stereocenters. The Morgan fingerprint density at radius 2 is 1.97 bits per heavy atom. The third-order valence-electron chi connectivity index (χ3n) is 4.54. The topological polar surface area (TPSA) is 88.7 Å². The average molecular weight is 550 g/mol. The van der Waals surface area contributed by atoms with Gasteiger partial charge >= 0.3 is 0 Å². The molecule has 1 N–H and O–H groups in total. The largest absolute Gasteiger partial charge is 0.492 e. The lowest BCUT2D eigenvalue weighted by molar-refractivity contribution is 0.281. The Balaban J connectivity index is 0.00000363. The molecule has 32 heavy (non-hydrogen) atoms. The number of aromatic nitrogens is 3. The molecule has 0 aliphatic rings. The Morgan fingerprint density at radius 3 is 2.66 bits per heavy atom. The maximum atomic E-state index is 5.92. The highest BCUT2D eigenvalue weighted by Gasteiger charge is 2.10. The summed E-state index contributed by atoms with van der Waals surface area (Å²) < 4.78 is 11.2. The molecule has 0 radical (unpaired) electrons. The first-order valence-corrected chi connectivity index (χ1v) is 10.5. The zero-order valence-electron chi connectivity index (χ0n) is 19.0. The predicted molar refractivity (Wildman–Crippen MR) is 137 cm³/mol. The first-order valence-electron chi connectivity index (χ1n) is 10.5. The predicted octanol–water partition coefficient (Wildman–Crippen LogP) is 3.89. The number of hydrogen-bond acceptors (Lipinski definition) is 6. The summed E-state index contributed by atoms with van der Waals surface area (Å²) in [5.41, 5.74) is 3.07. The minimum absolute atomic E-state index is 0. The van der Waals surface area contributed by atoms with Gasteiger partial charge in [-0.3, -0.25) is 9.98 Å². The smallest absolute Gasteiger partial charge is 0.276 e. The van der Waals surface area contributed by atoms with Crippen molar-refractivity contribution in [2.24, 2.45) is 4.99 Å². The molecule has 0 spiro atoms. The minimum atomic E-state index is 0. The van der Waals surface area contributed by atoms with Crippen molar-refractivity contribution in [2.45, 2.75) is 27.2 Å². The molecule has 8 nitrogen and oxygen atoms in total. The van der Waals surface area contributed by atoms with E-state index in [0.29, 0.717) is 43.5 Å². The molecule has 0 fully saturated rings. The molecule has 0 saturated carbocycles. The fraction of sp³-hybridized carbons (Fsp3) is 0.391. The number of likely N-dealkylation sites (N-methyl/N-ethyl adjacent to an activating group) is 1. The summed E-state index contributed by atoms with van der Waals surface area (Å²) in [6, 6.07) is 11.8. The van der Waals surface area contributed by atoms with E-state index in [9.17, 15) is 0 Å². The summed E-state index contributed by atoms with van der Waals surface area (Å²) in [4.78, 5) is 15.4.